The van der Waals surface area contributed by atoms with Crippen LogP contribution in [0.15, 0.2) is 184 Å². The number of hydrogen-bond donors (Lipinski definition) is 1. The molecule has 7 aromatic carbocycles. The van der Waals surface area contributed by atoms with Crippen molar-refractivity contribution in [3.8, 4) is 39.4 Å². The summed E-state index contributed by atoms with van der Waals surface area (Å²) in [4.78, 5) is 9.95. The van der Waals surface area contributed by atoms with Gasteiger partial charge in [-0.05, 0) is 57.6 Å². The van der Waals surface area contributed by atoms with Crippen LogP contribution in [0.3, 0.4) is 0 Å². The molecule has 0 spiro atoms. The van der Waals surface area contributed by atoms with E-state index in [4.69, 9.17) is 14.4 Å². The zero-order valence-corrected chi connectivity index (χ0v) is 27.5. The van der Waals surface area contributed by atoms with E-state index in [9.17, 15) is 5.26 Å². The Labute approximate surface area is 295 Å². The van der Waals surface area contributed by atoms with E-state index < -0.39 is 0 Å². The summed E-state index contributed by atoms with van der Waals surface area (Å²) in [6, 6.07) is 59.9. The highest BCUT2D eigenvalue weighted by Gasteiger charge is 2.22. The summed E-state index contributed by atoms with van der Waals surface area (Å²) in [6.07, 6.45) is -0.255. The highest BCUT2D eigenvalue weighted by molar-refractivity contribution is 6.17. The molecule has 0 bridgehead atoms. The highest BCUT2D eigenvalue weighted by Crippen LogP contribution is 2.42. The molecular weight excluding hydrogens is 625 g/mol. The number of rotatable bonds is 6. The van der Waals surface area contributed by atoms with Crippen LogP contribution >= 0.6 is 0 Å². The van der Waals surface area contributed by atoms with Crippen LogP contribution in [0.5, 0.6) is 0 Å². The molecule has 1 unspecified atom stereocenters. The van der Waals surface area contributed by atoms with Crippen molar-refractivity contribution in [1.82, 2.24) is 5.32 Å². The van der Waals surface area contributed by atoms with Gasteiger partial charge in [0.1, 0.15) is 23.2 Å². The van der Waals surface area contributed by atoms with Crippen LogP contribution in [-0.2, 0) is 0 Å². The van der Waals surface area contributed by atoms with Crippen molar-refractivity contribution in [2.45, 2.75) is 6.17 Å². The fourth-order valence-corrected chi connectivity index (χ4v) is 6.80. The van der Waals surface area contributed by atoms with Crippen molar-refractivity contribution in [3.63, 3.8) is 0 Å². The smallest absolute Gasteiger partial charge is 0.159 e. The van der Waals surface area contributed by atoms with E-state index in [2.05, 4.69) is 96.3 Å². The number of furan rings is 1. The minimum absolute atomic E-state index is 0.255. The van der Waals surface area contributed by atoms with Gasteiger partial charge >= 0.3 is 0 Å². The van der Waals surface area contributed by atoms with Gasteiger partial charge in [-0.15, -0.1) is 0 Å². The summed E-state index contributed by atoms with van der Waals surface area (Å²) in [7, 11) is 0. The lowest BCUT2D eigenvalue weighted by molar-refractivity contribution is 0.670. The van der Waals surface area contributed by atoms with E-state index >= 15 is 0 Å². The number of aliphatic imine (C=N–C) groups is 2. The van der Waals surface area contributed by atoms with Crippen LogP contribution in [-0.4, -0.2) is 11.7 Å². The van der Waals surface area contributed by atoms with Gasteiger partial charge in [0.05, 0.1) is 11.6 Å². The predicted molar refractivity (Wildman–Crippen MR) is 207 cm³/mol. The summed E-state index contributed by atoms with van der Waals surface area (Å²) in [5, 5.41) is 14.9. The van der Waals surface area contributed by atoms with E-state index in [0.717, 1.165) is 77.8 Å². The van der Waals surface area contributed by atoms with E-state index in [0.29, 0.717) is 11.4 Å². The average molecular weight is 655 g/mol. The third-order valence-electron chi connectivity index (χ3n) is 9.43. The molecule has 0 saturated carbocycles. The molecule has 0 aliphatic carbocycles. The standard InChI is InChI=1S/C46H30N4O/c47-29-30-15-17-31(18-16-30)32-19-21-33(22-20-32)38-27-28-39(43-42(38)40-13-7-8-14-41(40)51-43)34-23-25-37(26-24-34)46-49-44(35-9-3-1-4-10-35)48-45(50-46)36-11-5-2-6-12-36/h1-28,44H,(H,48,49,50). The van der Waals surface area contributed by atoms with E-state index in [1.54, 1.807) is 0 Å². The van der Waals surface area contributed by atoms with Gasteiger partial charge in [0.15, 0.2) is 5.84 Å². The van der Waals surface area contributed by atoms with Crippen LogP contribution in [0.1, 0.15) is 28.4 Å². The molecule has 2 heterocycles. The first-order valence-corrected chi connectivity index (χ1v) is 16.9. The van der Waals surface area contributed by atoms with Gasteiger partial charge in [-0.2, -0.15) is 5.26 Å². The molecular formula is C46H30N4O. The van der Waals surface area contributed by atoms with Crippen molar-refractivity contribution < 1.29 is 4.42 Å². The number of nitriles is 1. The Morgan fingerprint density at radius 2 is 1.10 bits per heavy atom. The molecule has 1 aliphatic rings. The zero-order valence-electron chi connectivity index (χ0n) is 27.5. The molecule has 240 valence electrons. The monoisotopic (exact) mass is 654 g/mol. The second-order valence-electron chi connectivity index (χ2n) is 12.5. The molecule has 1 N–H and O–H groups in total. The number of amidine groups is 2. The molecule has 5 heteroatoms. The average Bonchev–Trinajstić information content (AvgIpc) is 3.61. The normalized spacial score (nSPS) is 14.1. The Hall–Kier alpha value is -7.03. The summed E-state index contributed by atoms with van der Waals surface area (Å²) in [5.41, 5.74) is 11.9. The molecule has 0 radical (unpaired) electrons. The van der Waals surface area contributed by atoms with Crippen molar-refractivity contribution in [2.24, 2.45) is 9.98 Å². The van der Waals surface area contributed by atoms with Gasteiger partial charge in [-0.3, -0.25) is 0 Å². The van der Waals surface area contributed by atoms with Crippen molar-refractivity contribution >= 4 is 33.6 Å². The predicted octanol–water partition coefficient (Wildman–Crippen LogP) is 11.0. The van der Waals surface area contributed by atoms with Crippen molar-refractivity contribution in [3.05, 3.63) is 192 Å². The Kier molecular flexibility index (Phi) is 7.53. The minimum atomic E-state index is -0.255. The highest BCUT2D eigenvalue weighted by atomic mass is 16.3. The maximum atomic E-state index is 9.18. The molecule has 0 amide bonds. The number of fused-ring (bicyclic) bond motifs is 3. The number of hydrogen-bond acceptors (Lipinski definition) is 5. The van der Waals surface area contributed by atoms with Crippen LogP contribution in [0.25, 0.3) is 55.3 Å². The molecule has 5 nitrogen and oxygen atoms in total. The molecule has 8 aromatic rings. The lowest BCUT2D eigenvalue weighted by Gasteiger charge is -2.23. The minimum Gasteiger partial charge on any atom is -0.455 e. The van der Waals surface area contributed by atoms with Gasteiger partial charge in [-0.1, -0.05) is 146 Å². The third kappa shape index (κ3) is 5.65. The van der Waals surface area contributed by atoms with E-state index in [1.165, 1.54) is 0 Å². The molecule has 9 rings (SSSR count). The van der Waals surface area contributed by atoms with Crippen LogP contribution in [0, 0.1) is 11.3 Å². The number of nitrogens with one attached hydrogen (secondary N) is 1. The Morgan fingerprint density at radius 3 is 1.80 bits per heavy atom. The lowest BCUT2D eigenvalue weighted by Crippen LogP contribution is -2.33. The van der Waals surface area contributed by atoms with Gasteiger partial charge in [0.2, 0.25) is 0 Å². The second kappa shape index (κ2) is 12.8. The number of nitrogens with zero attached hydrogens (tertiary/aromatic N) is 3. The largest absolute Gasteiger partial charge is 0.455 e. The van der Waals surface area contributed by atoms with Crippen LogP contribution in [0.2, 0.25) is 0 Å². The Balaban J connectivity index is 1.09. The Morgan fingerprint density at radius 1 is 0.529 bits per heavy atom. The zero-order chi connectivity index (χ0) is 34.1. The molecule has 51 heavy (non-hydrogen) atoms. The summed E-state index contributed by atoms with van der Waals surface area (Å²) in [5.74, 6) is 1.48. The fraction of sp³-hybridized carbons (Fsp3) is 0.0217. The Bertz CT molecular complexity index is 2630. The maximum Gasteiger partial charge on any atom is 0.159 e. The topological polar surface area (TPSA) is 73.7 Å². The van der Waals surface area contributed by atoms with Gasteiger partial charge in [-0.25, -0.2) is 9.98 Å². The molecule has 1 aliphatic heterocycles. The van der Waals surface area contributed by atoms with Crippen LogP contribution in [0.4, 0.5) is 0 Å². The lowest BCUT2D eigenvalue weighted by atomic mass is 9.93. The van der Waals surface area contributed by atoms with Gasteiger partial charge in [0.25, 0.3) is 0 Å². The summed E-state index contributed by atoms with van der Waals surface area (Å²) in [6.45, 7) is 0. The summed E-state index contributed by atoms with van der Waals surface area (Å²) >= 11 is 0. The second-order valence-corrected chi connectivity index (χ2v) is 12.5. The van der Waals surface area contributed by atoms with E-state index in [1.807, 2.05) is 84.9 Å². The quantitative estimate of drug-likeness (QED) is 0.194. The molecule has 0 fully saturated rings. The van der Waals surface area contributed by atoms with E-state index in [-0.39, 0.29) is 6.17 Å². The maximum absolute atomic E-state index is 9.18. The van der Waals surface area contributed by atoms with Crippen molar-refractivity contribution in [1.29, 1.82) is 5.26 Å². The third-order valence-corrected chi connectivity index (χ3v) is 9.43. The SMILES string of the molecule is N#Cc1ccc(-c2ccc(-c3ccc(-c4ccc(C5=NC(c6ccccc6)=NC(c6ccccc6)N5)cc4)c4oc5ccccc5c34)cc2)cc1. The number of benzene rings is 7. The van der Waals surface area contributed by atoms with Crippen LogP contribution < -0.4 is 5.32 Å². The fourth-order valence-electron chi connectivity index (χ4n) is 6.80. The first-order chi connectivity index (χ1) is 25.2. The van der Waals surface area contributed by atoms with Crippen molar-refractivity contribution in [2.75, 3.05) is 0 Å². The molecule has 1 aromatic heterocycles. The van der Waals surface area contributed by atoms with Gasteiger partial charge < -0.3 is 9.73 Å². The molecule has 0 saturated heterocycles. The van der Waals surface area contributed by atoms with Gasteiger partial charge in [0, 0.05) is 27.5 Å². The first-order valence-electron chi connectivity index (χ1n) is 16.9. The summed E-state index contributed by atoms with van der Waals surface area (Å²) < 4.78 is 6.61. The molecule has 1 atom stereocenters. The first kappa shape index (κ1) is 30.1. The number of para-hydroxylation sites is 1.